The number of halogens is 2. The van der Waals surface area contributed by atoms with Gasteiger partial charge in [-0.1, -0.05) is 83.4 Å². The van der Waals surface area contributed by atoms with Crippen molar-refractivity contribution in [2.45, 2.75) is 64.1 Å². The van der Waals surface area contributed by atoms with Gasteiger partial charge in [-0.25, -0.2) is 8.42 Å². The fraction of sp³-hybridized carbons (Fsp3) is 0.297. The number of carbonyl (C=O) groups is 2. The number of hydrogen-bond donors (Lipinski definition) is 1. The van der Waals surface area contributed by atoms with Gasteiger partial charge >= 0.3 is 0 Å². The van der Waals surface area contributed by atoms with E-state index in [1.807, 2.05) is 65.0 Å². The van der Waals surface area contributed by atoms with Crippen molar-refractivity contribution in [3.05, 3.63) is 123 Å². The maximum absolute atomic E-state index is 14.8. The summed E-state index contributed by atoms with van der Waals surface area (Å²) >= 11 is 13.2. The molecule has 1 N–H and O–H groups in total. The van der Waals surface area contributed by atoms with Crippen molar-refractivity contribution in [1.82, 2.24) is 10.2 Å². The molecule has 0 saturated carbocycles. The SMILES string of the molecule is COc1ccc(C)cc1N(CC(=O)N(Cc1c(Cl)cccc1Cl)[C@H](Cc1ccccc1)C(=O)NC(C)(C)C)S(=O)(=O)c1ccc(C)cc1. The van der Waals surface area contributed by atoms with Crippen molar-refractivity contribution >= 4 is 50.7 Å². The zero-order chi connectivity index (χ0) is 35.2. The van der Waals surface area contributed by atoms with Gasteiger partial charge < -0.3 is 15.0 Å². The Bertz CT molecular complexity index is 1840. The molecule has 0 heterocycles. The van der Waals surface area contributed by atoms with Gasteiger partial charge in [-0.15, -0.1) is 0 Å². The zero-order valence-corrected chi connectivity index (χ0v) is 30.3. The van der Waals surface area contributed by atoms with E-state index in [2.05, 4.69) is 5.32 Å². The Morgan fingerprint density at radius 3 is 2.04 bits per heavy atom. The summed E-state index contributed by atoms with van der Waals surface area (Å²) in [6.07, 6.45) is 0.148. The van der Waals surface area contributed by atoms with Crippen molar-refractivity contribution < 1.29 is 22.7 Å². The Kier molecular flexibility index (Phi) is 11.8. The normalized spacial score (nSPS) is 12.2. The Labute approximate surface area is 293 Å². The van der Waals surface area contributed by atoms with Crippen molar-refractivity contribution in [2.24, 2.45) is 0 Å². The number of amides is 2. The molecule has 4 aromatic rings. The largest absolute Gasteiger partial charge is 0.495 e. The Morgan fingerprint density at radius 2 is 1.46 bits per heavy atom. The summed E-state index contributed by atoms with van der Waals surface area (Å²) in [5.41, 5.74) is 2.42. The van der Waals surface area contributed by atoms with Crippen LogP contribution in [0.1, 0.15) is 43.0 Å². The van der Waals surface area contributed by atoms with Gasteiger partial charge in [-0.05, 0) is 82.1 Å². The summed E-state index contributed by atoms with van der Waals surface area (Å²) in [5, 5.41) is 3.62. The number of carbonyl (C=O) groups excluding carboxylic acids is 2. The quantitative estimate of drug-likeness (QED) is 0.166. The number of hydrogen-bond acceptors (Lipinski definition) is 5. The molecule has 0 spiro atoms. The summed E-state index contributed by atoms with van der Waals surface area (Å²) < 4.78 is 35.4. The highest BCUT2D eigenvalue weighted by Gasteiger charge is 2.37. The van der Waals surface area contributed by atoms with Crippen LogP contribution >= 0.6 is 23.2 Å². The second kappa shape index (κ2) is 15.4. The minimum absolute atomic E-state index is 0.00327. The van der Waals surface area contributed by atoms with E-state index >= 15 is 0 Å². The molecule has 2 amide bonds. The van der Waals surface area contributed by atoms with Gasteiger partial charge in [0.15, 0.2) is 0 Å². The summed E-state index contributed by atoms with van der Waals surface area (Å²) in [6, 6.07) is 24.7. The summed E-state index contributed by atoms with van der Waals surface area (Å²) in [6.45, 7) is 8.42. The van der Waals surface area contributed by atoms with E-state index in [1.165, 1.54) is 24.1 Å². The number of rotatable bonds is 12. The maximum Gasteiger partial charge on any atom is 0.264 e. The third-order valence-electron chi connectivity index (χ3n) is 7.65. The molecule has 4 aromatic carbocycles. The molecule has 0 fully saturated rings. The number of aryl methyl sites for hydroxylation is 2. The molecule has 4 rings (SSSR count). The lowest BCUT2D eigenvalue weighted by molar-refractivity contribution is -0.140. The van der Waals surface area contributed by atoms with Crippen LogP contribution in [0.25, 0.3) is 0 Å². The summed E-state index contributed by atoms with van der Waals surface area (Å²) in [5.74, 6) is -0.796. The van der Waals surface area contributed by atoms with E-state index in [1.54, 1.807) is 48.5 Å². The summed E-state index contributed by atoms with van der Waals surface area (Å²) in [4.78, 5) is 30.2. The molecule has 0 bridgehead atoms. The van der Waals surface area contributed by atoms with Gasteiger partial charge in [-0.3, -0.25) is 13.9 Å². The van der Waals surface area contributed by atoms with Crippen LogP contribution in [0.3, 0.4) is 0 Å². The van der Waals surface area contributed by atoms with Gasteiger partial charge in [0, 0.05) is 34.1 Å². The van der Waals surface area contributed by atoms with Crippen LogP contribution in [0, 0.1) is 13.8 Å². The average Bonchev–Trinajstić information content (AvgIpc) is 3.02. The highest BCUT2D eigenvalue weighted by molar-refractivity contribution is 7.92. The molecule has 8 nitrogen and oxygen atoms in total. The molecule has 1 atom stereocenters. The van der Waals surface area contributed by atoms with Crippen molar-refractivity contribution in [3.63, 3.8) is 0 Å². The molecule has 0 aliphatic carbocycles. The molecule has 48 heavy (non-hydrogen) atoms. The minimum Gasteiger partial charge on any atom is -0.495 e. The first kappa shape index (κ1) is 36.8. The smallest absolute Gasteiger partial charge is 0.264 e. The molecule has 11 heteroatoms. The first-order valence-electron chi connectivity index (χ1n) is 15.4. The molecule has 0 saturated heterocycles. The number of nitrogens with one attached hydrogen (secondary N) is 1. The topological polar surface area (TPSA) is 96.0 Å². The predicted molar refractivity (Wildman–Crippen MR) is 192 cm³/mol. The number of nitrogens with zero attached hydrogens (tertiary/aromatic N) is 2. The third-order valence-corrected chi connectivity index (χ3v) is 10.1. The van der Waals surface area contributed by atoms with Gasteiger partial charge in [0.05, 0.1) is 17.7 Å². The lowest BCUT2D eigenvalue weighted by Gasteiger charge is -2.36. The Morgan fingerprint density at radius 1 is 0.854 bits per heavy atom. The van der Waals surface area contributed by atoms with Crippen LogP contribution in [0.2, 0.25) is 10.0 Å². The number of sulfonamides is 1. The second-order valence-corrected chi connectivity index (χ2v) is 15.3. The fourth-order valence-electron chi connectivity index (χ4n) is 5.21. The van der Waals surface area contributed by atoms with E-state index in [9.17, 15) is 18.0 Å². The van der Waals surface area contributed by atoms with Crippen LogP contribution in [0.15, 0.2) is 95.9 Å². The van der Waals surface area contributed by atoms with Crippen LogP contribution in [0.5, 0.6) is 5.75 Å². The van der Waals surface area contributed by atoms with Crippen molar-refractivity contribution in [1.29, 1.82) is 0 Å². The first-order valence-corrected chi connectivity index (χ1v) is 17.6. The lowest BCUT2D eigenvalue weighted by Crippen LogP contribution is -2.56. The average molecular weight is 711 g/mol. The van der Waals surface area contributed by atoms with Crippen LogP contribution < -0.4 is 14.4 Å². The maximum atomic E-state index is 14.8. The van der Waals surface area contributed by atoms with E-state index in [-0.39, 0.29) is 29.3 Å². The van der Waals surface area contributed by atoms with Gasteiger partial charge in [0.2, 0.25) is 11.8 Å². The van der Waals surface area contributed by atoms with Crippen LogP contribution in [-0.2, 0) is 32.6 Å². The third kappa shape index (κ3) is 9.09. The number of benzene rings is 4. The van der Waals surface area contributed by atoms with Gasteiger partial charge in [0.25, 0.3) is 10.0 Å². The standard InChI is InChI=1S/C37H41Cl2N3O5S/c1-25-15-18-28(19-16-25)48(45,46)42(32-21-26(2)17-20-34(32)47-6)24-35(43)41(23-29-30(38)13-10-14-31(29)39)33(36(44)40-37(3,4)5)22-27-11-8-7-9-12-27/h7-21,33H,22-24H2,1-6H3,(H,40,44)/t33-/m1/s1. The van der Waals surface area contributed by atoms with Crippen molar-refractivity contribution in [2.75, 3.05) is 18.0 Å². The molecular weight excluding hydrogens is 669 g/mol. The number of ether oxygens (including phenoxy) is 1. The molecule has 254 valence electrons. The Balaban J connectivity index is 1.90. The Hall–Kier alpha value is -4.05. The molecular formula is C37H41Cl2N3O5S. The van der Waals surface area contributed by atoms with Crippen LogP contribution in [-0.4, -0.2) is 50.4 Å². The van der Waals surface area contributed by atoms with Crippen molar-refractivity contribution in [3.8, 4) is 5.75 Å². The monoisotopic (exact) mass is 709 g/mol. The highest BCUT2D eigenvalue weighted by atomic mass is 35.5. The number of anilines is 1. The van der Waals surface area contributed by atoms with Gasteiger partial charge in [0.1, 0.15) is 18.3 Å². The van der Waals surface area contributed by atoms with E-state index in [0.29, 0.717) is 15.6 Å². The minimum atomic E-state index is -4.32. The van der Waals surface area contributed by atoms with E-state index < -0.39 is 40.0 Å². The lowest BCUT2D eigenvalue weighted by atomic mass is 10.0. The molecule has 0 aliphatic rings. The molecule has 0 radical (unpaired) electrons. The fourth-order valence-corrected chi connectivity index (χ4v) is 7.14. The van der Waals surface area contributed by atoms with Gasteiger partial charge in [-0.2, -0.15) is 0 Å². The molecule has 0 aromatic heterocycles. The first-order chi connectivity index (χ1) is 22.6. The van der Waals surface area contributed by atoms with E-state index in [0.717, 1.165) is 21.0 Å². The highest BCUT2D eigenvalue weighted by Crippen LogP contribution is 2.34. The number of methoxy groups -OCH3 is 1. The van der Waals surface area contributed by atoms with Crippen LogP contribution in [0.4, 0.5) is 5.69 Å². The molecule has 0 aliphatic heterocycles. The second-order valence-electron chi connectivity index (χ2n) is 12.7. The molecule has 0 unspecified atom stereocenters. The van der Waals surface area contributed by atoms with E-state index in [4.69, 9.17) is 27.9 Å². The predicted octanol–water partition coefficient (Wildman–Crippen LogP) is 7.37. The summed E-state index contributed by atoms with van der Waals surface area (Å²) in [7, 11) is -2.88. The zero-order valence-electron chi connectivity index (χ0n) is 28.0.